The molecule has 17 aromatic carbocycles. The Morgan fingerprint density at radius 1 is 0.209 bits per heavy atom. The Bertz CT molecular complexity index is 6800. The normalized spacial score (nSPS) is 12.8. The lowest BCUT2D eigenvalue weighted by atomic mass is 9.33. The largest absolute Gasteiger partial charge is 0.456 e. The van der Waals surface area contributed by atoms with Gasteiger partial charge in [-0.25, -0.2) is 0 Å². The van der Waals surface area contributed by atoms with E-state index in [0.29, 0.717) is 0 Å². The van der Waals surface area contributed by atoms with Gasteiger partial charge in [0.25, 0.3) is 6.71 Å². The van der Waals surface area contributed by atoms with Crippen molar-refractivity contribution in [3.05, 3.63) is 376 Å². The number of hydrogen-bond acceptors (Lipinski definition) is 4. The minimum Gasteiger partial charge on any atom is -0.456 e. The molecule has 0 saturated heterocycles. The second-order valence-corrected chi connectivity index (χ2v) is 29.3. The van der Waals surface area contributed by atoms with Crippen molar-refractivity contribution >= 4 is 123 Å². The van der Waals surface area contributed by atoms with E-state index in [1.807, 2.05) is 0 Å². The molecule has 20 aromatic rings. The predicted molar refractivity (Wildman–Crippen MR) is 456 cm³/mol. The number of benzene rings is 17. The Hall–Kier alpha value is -14.6. The van der Waals surface area contributed by atoms with Gasteiger partial charge in [0.15, 0.2) is 0 Å². The van der Waals surface area contributed by atoms with Crippen LogP contribution in [0.25, 0.3) is 149 Å². The van der Waals surface area contributed by atoms with E-state index in [-0.39, 0.29) is 0 Å². The Kier molecular flexibility index (Phi) is 12.9. The van der Waals surface area contributed by atoms with Crippen LogP contribution in [0.2, 0.25) is 0 Å². The van der Waals surface area contributed by atoms with Gasteiger partial charge in [0.2, 0.25) is 0 Å². The molecule has 7 nitrogen and oxygen atoms in total. The maximum Gasteiger partial charge on any atom is 0.252 e. The monoisotopic (exact) mass is 1400 g/mol. The average Bonchev–Trinajstić information content (AvgIpc) is 0.742. The van der Waals surface area contributed by atoms with E-state index in [4.69, 9.17) is 9.47 Å². The van der Waals surface area contributed by atoms with E-state index >= 15 is 0 Å². The molecule has 510 valence electrons. The summed E-state index contributed by atoms with van der Waals surface area (Å²) in [6, 6.07) is 139. The molecule has 3 aromatic heterocycles. The summed E-state index contributed by atoms with van der Waals surface area (Å²) in [5, 5.41) is 7.06. The van der Waals surface area contributed by atoms with Crippen LogP contribution in [0.5, 0.6) is 23.0 Å². The minimum atomic E-state index is -0.424. The van der Waals surface area contributed by atoms with E-state index in [1.54, 1.807) is 0 Å². The molecule has 110 heavy (non-hydrogen) atoms. The van der Waals surface area contributed by atoms with Crippen molar-refractivity contribution in [2.75, 3.05) is 9.80 Å². The Labute approximate surface area is 634 Å². The Morgan fingerprint density at radius 2 is 0.509 bits per heavy atom. The minimum absolute atomic E-state index is 0.424. The van der Waals surface area contributed by atoms with Crippen LogP contribution in [-0.2, 0) is 0 Å². The van der Waals surface area contributed by atoms with Gasteiger partial charge < -0.3 is 33.0 Å². The molecule has 0 amide bonds. The molecule has 0 unspecified atom stereocenters. The van der Waals surface area contributed by atoms with Gasteiger partial charge in [-0.2, -0.15) is 0 Å². The zero-order valence-corrected chi connectivity index (χ0v) is 59.4. The van der Waals surface area contributed by atoms with Gasteiger partial charge in [-0.3, -0.25) is 0 Å². The molecule has 0 bridgehead atoms. The molecule has 0 fully saturated rings. The molecule has 0 spiro atoms. The molecule has 0 radical (unpaired) electrons. The van der Waals surface area contributed by atoms with Gasteiger partial charge in [-0.1, -0.05) is 267 Å². The van der Waals surface area contributed by atoms with Crippen LogP contribution in [0.4, 0.5) is 34.1 Å². The lowest BCUT2D eigenvalue weighted by Crippen LogP contribution is -2.61. The first-order valence-corrected chi connectivity index (χ1v) is 37.8. The van der Waals surface area contributed by atoms with Crippen molar-refractivity contribution in [3.63, 3.8) is 0 Å². The van der Waals surface area contributed by atoms with Crippen LogP contribution in [0.15, 0.2) is 376 Å². The summed E-state index contributed by atoms with van der Waals surface area (Å²) in [5.41, 5.74) is 31.8. The number of para-hydroxylation sites is 10. The summed E-state index contributed by atoms with van der Waals surface area (Å²) in [7, 11) is 0. The highest BCUT2D eigenvalue weighted by Gasteiger charge is 2.48. The molecule has 7 heterocycles. The number of aromatic nitrogens is 3. The third-order valence-corrected chi connectivity index (χ3v) is 23.6. The van der Waals surface area contributed by atoms with Crippen LogP contribution in [0.3, 0.4) is 0 Å². The first-order chi connectivity index (χ1) is 54.6. The summed E-state index contributed by atoms with van der Waals surface area (Å²) in [4.78, 5) is 5.38. The fourth-order valence-corrected chi connectivity index (χ4v) is 19.1. The highest BCUT2D eigenvalue weighted by atomic mass is 16.5. The van der Waals surface area contributed by atoms with Gasteiger partial charge in [0.1, 0.15) is 23.0 Å². The maximum atomic E-state index is 7.70. The fourth-order valence-electron chi connectivity index (χ4n) is 19.1. The van der Waals surface area contributed by atoms with E-state index in [0.717, 1.165) is 185 Å². The topological polar surface area (TPSA) is 39.7 Å². The SMILES string of the molecule is c1ccc(-c2ccc3c(c2)-c2ccccc2Oc2ccccc2-c2c(-n4c5ccccc5c5ccccc54)ccc4c2N3c2cc(-n3c5ccccc5c5ccccc53)cc3c2B4c2ccc(-n4c5ccccc5c5ccccc54)c4c2N3c2ccc(-c3ccccc3)cc2-c2ccccc2Oc2ccccc2-4)cc1. The van der Waals surface area contributed by atoms with E-state index in [9.17, 15) is 0 Å². The molecular formula is C102H62BN5O2. The van der Waals surface area contributed by atoms with Gasteiger partial charge in [-0.15, -0.1) is 0 Å². The average molecular weight is 1400 g/mol. The zero-order valence-electron chi connectivity index (χ0n) is 59.4. The smallest absolute Gasteiger partial charge is 0.252 e. The van der Waals surface area contributed by atoms with Crippen LogP contribution < -0.4 is 35.7 Å². The van der Waals surface area contributed by atoms with E-state index in [2.05, 4.69) is 400 Å². The second-order valence-electron chi connectivity index (χ2n) is 29.3. The van der Waals surface area contributed by atoms with Crippen LogP contribution >= 0.6 is 0 Å². The van der Waals surface area contributed by atoms with E-state index in [1.165, 1.54) is 37.8 Å². The molecule has 0 N–H and O–H groups in total. The van der Waals surface area contributed by atoms with Gasteiger partial charge in [-0.05, 0) is 148 Å². The van der Waals surface area contributed by atoms with Crippen molar-refractivity contribution in [2.45, 2.75) is 0 Å². The zero-order chi connectivity index (χ0) is 71.8. The molecule has 8 heteroatoms. The third kappa shape index (κ3) is 8.66. The molecule has 24 rings (SSSR count). The van der Waals surface area contributed by atoms with E-state index < -0.39 is 6.71 Å². The maximum absolute atomic E-state index is 7.70. The number of ether oxygens (including phenoxy) is 2. The molecular weight excluding hydrogens is 1340 g/mol. The molecule has 4 aliphatic heterocycles. The highest BCUT2D eigenvalue weighted by Crippen LogP contribution is 2.59. The number of nitrogens with zero attached hydrogens (tertiary/aromatic N) is 5. The standard InChI is InChI=1S/C102H62BN5O2/c1-3-27-63(28-4-1)65-51-55-88-78(59-65)74-37-13-23-47-94(74)109-96-49-25-15-39-76(96)98-90(105-84-43-19-9-33-70(84)71-34-10-20-44-85(71)105)57-53-80-101(98)107(88)92-61-67(104-82-41-17-7-31-68(82)69-32-8-18-42-83(69)104)62-93-100(92)103(80)81-54-58-91(106-86-45-21-11-35-72(86)73-36-12-22-46-87(73)106)99-77-40-16-26-50-97(77)110-95-48-24-14-38-75(95)79-60-66(64-29-5-2-6-30-64)52-56-89(79)108(93)102(81)99/h1-62H. The second kappa shape index (κ2) is 23.5. The first-order valence-electron chi connectivity index (χ1n) is 37.8. The Morgan fingerprint density at radius 3 is 0.882 bits per heavy atom. The molecule has 0 aliphatic carbocycles. The lowest BCUT2D eigenvalue weighted by Gasteiger charge is -2.47. The number of rotatable bonds is 5. The lowest BCUT2D eigenvalue weighted by molar-refractivity contribution is 0.486. The van der Waals surface area contributed by atoms with Crippen LogP contribution in [0, 0.1) is 0 Å². The predicted octanol–water partition coefficient (Wildman–Crippen LogP) is 25.3. The fraction of sp³-hybridized carbons (Fsp3) is 0. The van der Waals surface area contributed by atoms with Gasteiger partial charge in [0, 0.05) is 88.2 Å². The third-order valence-electron chi connectivity index (χ3n) is 23.6. The van der Waals surface area contributed by atoms with Gasteiger partial charge >= 0.3 is 0 Å². The molecule has 0 atom stereocenters. The number of anilines is 6. The summed E-state index contributed by atoms with van der Waals surface area (Å²) in [6.45, 7) is -0.424. The van der Waals surface area contributed by atoms with Crippen molar-refractivity contribution in [3.8, 4) is 107 Å². The summed E-state index contributed by atoms with van der Waals surface area (Å²) in [5.74, 6) is 3.00. The summed E-state index contributed by atoms with van der Waals surface area (Å²) >= 11 is 0. The van der Waals surface area contributed by atoms with Crippen molar-refractivity contribution < 1.29 is 9.47 Å². The van der Waals surface area contributed by atoms with Gasteiger partial charge in [0.05, 0.1) is 72.9 Å². The quantitative estimate of drug-likeness (QED) is 0.161. The first kappa shape index (κ1) is 60.6. The molecule has 0 saturated carbocycles. The Balaban J connectivity index is 0.938. The van der Waals surface area contributed by atoms with Crippen molar-refractivity contribution in [1.29, 1.82) is 0 Å². The molecule has 4 aliphatic rings. The number of fused-ring (bicyclic) bond motifs is 25. The summed E-state index contributed by atoms with van der Waals surface area (Å²) < 4.78 is 23.0. The van der Waals surface area contributed by atoms with Crippen molar-refractivity contribution in [1.82, 2.24) is 13.7 Å². The van der Waals surface area contributed by atoms with Crippen LogP contribution in [0.1, 0.15) is 0 Å². The number of hydrogen-bond donors (Lipinski definition) is 0. The summed E-state index contributed by atoms with van der Waals surface area (Å²) in [6.07, 6.45) is 0. The highest BCUT2D eigenvalue weighted by molar-refractivity contribution is 7.00. The van der Waals surface area contributed by atoms with Crippen molar-refractivity contribution in [2.24, 2.45) is 0 Å². The van der Waals surface area contributed by atoms with Crippen LogP contribution in [-0.4, -0.2) is 20.4 Å².